The second kappa shape index (κ2) is 5.24. The highest BCUT2D eigenvalue weighted by molar-refractivity contribution is 7.25. The molecule has 23 heavy (non-hydrogen) atoms. The molecule has 3 heterocycles. The first-order valence-electron chi connectivity index (χ1n) is 7.40. The molecule has 0 spiro atoms. The van der Waals surface area contributed by atoms with E-state index in [1.165, 1.54) is 11.3 Å². The van der Waals surface area contributed by atoms with E-state index in [1.54, 1.807) is 17.2 Å². The van der Waals surface area contributed by atoms with Gasteiger partial charge in [0.2, 0.25) is 0 Å². The summed E-state index contributed by atoms with van der Waals surface area (Å²) in [5, 5.41) is 0.906. The van der Waals surface area contributed by atoms with Crippen molar-refractivity contribution in [1.82, 2.24) is 19.5 Å². The molecule has 0 aliphatic rings. The molecule has 5 nitrogen and oxygen atoms in total. The molecule has 0 radical (unpaired) electrons. The van der Waals surface area contributed by atoms with Crippen molar-refractivity contribution >= 4 is 31.8 Å². The minimum absolute atomic E-state index is 0.0658. The van der Waals surface area contributed by atoms with Gasteiger partial charge in [-0.3, -0.25) is 9.36 Å². The molecule has 0 amide bonds. The molecule has 0 bridgehead atoms. The Morgan fingerprint density at radius 2 is 1.91 bits per heavy atom. The van der Waals surface area contributed by atoms with Crippen molar-refractivity contribution in [3.05, 3.63) is 58.5 Å². The Morgan fingerprint density at radius 3 is 2.65 bits per heavy atom. The van der Waals surface area contributed by atoms with Crippen molar-refractivity contribution < 1.29 is 0 Å². The molecule has 0 atom stereocenters. The van der Waals surface area contributed by atoms with Gasteiger partial charge in [0.25, 0.3) is 5.56 Å². The van der Waals surface area contributed by atoms with Gasteiger partial charge < -0.3 is 0 Å². The Labute approximate surface area is 136 Å². The topological polar surface area (TPSA) is 60.7 Å². The first kappa shape index (κ1) is 14.0. The second-order valence-electron chi connectivity index (χ2n) is 5.39. The second-order valence-corrected chi connectivity index (χ2v) is 6.39. The number of thiophene rings is 1. The Morgan fingerprint density at radius 1 is 1.13 bits per heavy atom. The molecule has 4 aromatic rings. The molecule has 0 aliphatic heterocycles. The molecule has 0 fully saturated rings. The van der Waals surface area contributed by atoms with Gasteiger partial charge in [0.15, 0.2) is 0 Å². The summed E-state index contributed by atoms with van der Waals surface area (Å²) in [6.45, 7) is 4.06. The zero-order valence-electron chi connectivity index (χ0n) is 12.8. The standard InChI is InChI=1S/C17H14N4OS/c1-3-12-13-14-15(23-16(13)19-8-18-12)17(22)21(9-20-14)11-6-4-10(2)5-7-11/h4-9H,3H2,1-2H3. The van der Waals surface area contributed by atoms with E-state index in [1.807, 2.05) is 38.1 Å². The average Bonchev–Trinajstić information content (AvgIpc) is 2.96. The number of hydrogen-bond donors (Lipinski definition) is 0. The van der Waals surface area contributed by atoms with Gasteiger partial charge in [0.1, 0.15) is 22.2 Å². The van der Waals surface area contributed by atoms with Gasteiger partial charge in [-0.1, -0.05) is 24.6 Å². The van der Waals surface area contributed by atoms with Gasteiger partial charge in [-0.25, -0.2) is 15.0 Å². The maximum absolute atomic E-state index is 12.9. The number of aryl methyl sites for hydroxylation is 2. The van der Waals surface area contributed by atoms with Crippen molar-refractivity contribution in [1.29, 1.82) is 0 Å². The molecule has 0 unspecified atom stereocenters. The Kier molecular flexibility index (Phi) is 3.20. The number of hydrogen-bond acceptors (Lipinski definition) is 5. The van der Waals surface area contributed by atoms with Crippen LogP contribution in [0.25, 0.3) is 26.1 Å². The molecular formula is C17H14N4OS. The van der Waals surface area contributed by atoms with Gasteiger partial charge in [-0.05, 0) is 25.5 Å². The molecule has 4 rings (SSSR count). The summed E-state index contributed by atoms with van der Waals surface area (Å²) >= 11 is 1.38. The van der Waals surface area contributed by atoms with Crippen LogP contribution in [0.15, 0.2) is 41.7 Å². The number of aromatic nitrogens is 4. The normalized spacial score (nSPS) is 11.4. The lowest BCUT2D eigenvalue weighted by atomic mass is 10.2. The first-order chi connectivity index (χ1) is 11.2. The third-order valence-corrected chi connectivity index (χ3v) is 4.98. The average molecular weight is 322 g/mol. The summed E-state index contributed by atoms with van der Waals surface area (Å²) < 4.78 is 2.20. The van der Waals surface area contributed by atoms with E-state index in [4.69, 9.17) is 0 Å². The van der Waals surface area contributed by atoms with E-state index >= 15 is 0 Å². The molecule has 0 N–H and O–H groups in total. The van der Waals surface area contributed by atoms with Gasteiger partial charge in [0, 0.05) is 0 Å². The van der Waals surface area contributed by atoms with Gasteiger partial charge >= 0.3 is 0 Å². The molecular weight excluding hydrogens is 308 g/mol. The van der Waals surface area contributed by atoms with Crippen molar-refractivity contribution in [2.24, 2.45) is 0 Å². The van der Waals surface area contributed by atoms with E-state index < -0.39 is 0 Å². The van der Waals surface area contributed by atoms with Gasteiger partial charge in [-0.15, -0.1) is 11.3 Å². The predicted octanol–water partition coefficient (Wildman–Crippen LogP) is 3.26. The van der Waals surface area contributed by atoms with E-state index in [0.29, 0.717) is 10.2 Å². The van der Waals surface area contributed by atoms with Crippen LogP contribution < -0.4 is 5.56 Å². The number of nitrogens with zero attached hydrogens (tertiary/aromatic N) is 4. The zero-order chi connectivity index (χ0) is 16.0. The van der Waals surface area contributed by atoms with Crippen LogP contribution in [0.4, 0.5) is 0 Å². The maximum atomic E-state index is 12.9. The van der Waals surface area contributed by atoms with Crippen LogP contribution in [0.3, 0.4) is 0 Å². The van der Waals surface area contributed by atoms with Crippen LogP contribution in [0.1, 0.15) is 18.2 Å². The van der Waals surface area contributed by atoms with Crippen molar-refractivity contribution in [3.63, 3.8) is 0 Å². The van der Waals surface area contributed by atoms with Gasteiger partial charge in [-0.2, -0.15) is 0 Å². The predicted molar refractivity (Wildman–Crippen MR) is 92.4 cm³/mol. The molecule has 0 saturated heterocycles. The highest BCUT2D eigenvalue weighted by Crippen LogP contribution is 2.30. The van der Waals surface area contributed by atoms with Crippen LogP contribution in [-0.4, -0.2) is 19.5 Å². The molecule has 114 valence electrons. The minimum Gasteiger partial charge on any atom is -0.267 e. The van der Waals surface area contributed by atoms with Crippen LogP contribution in [-0.2, 0) is 6.42 Å². The Balaban J connectivity index is 2.04. The summed E-state index contributed by atoms with van der Waals surface area (Å²) in [5.41, 5.74) is 3.54. The number of rotatable bonds is 2. The van der Waals surface area contributed by atoms with Crippen molar-refractivity contribution in [2.75, 3.05) is 0 Å². The van der Waals surface area contributed by atoms with Crippen LogP contribution in [0, 0.1) is 6.92 Å². The van der Waals surface area contributed by atoms with E-state index in [-0.39, 0.29) is 5.56 Å². The molecule has 1 aromatic carbocycles. The van der Waals surface area contributed by atoms with Crippen LogP contribution >= 0.6 is 11.3 Å². The van der Waals surface area contributed by atoms with Gasteiger partial charge in [0.05, 0.1) is 22.3 Å². The highest BCUT2D eigenvalue weighted by atomic mass is 32.1. The fourth-order valence-corrected chi connectivity index (χ4v) is 3.73. The lowest BCUT2D eigenvalue weighted by molar-refractivity contribution is 0.965. The van der Waals surface area contributed by atoms with Crippen molar-refractivity contribution in [3.8, 4) is 5.69 Å². The Hall–Kier alpha value is -2.60. The summed E-state index contributed by atoms with van der Waals surface area (Å²) in [7, 11) is 0. The molecule has 0 aliphatic carbocycles. The summed E-state index contributed by atoms with van der Waals surface area (Å²) in [6, 6.07) is 7.82. The summed E-state index contributed by atoms with van der Waals surface area (Å²) in [4.78, 5) is 26.8. The maximum Gasteiger partial charge on any atom is 0.275 e. The Bertz CT molecular complexity index is 1080. The lowest BCUT2D eigenvalue weighted by Crippen LogP contribution is -2.17. The first-order valence-corrected chi connectivity index (χ1v) is 8.21. The largest absolute Gasteiger partial charge is 0.275 e. The third-order valence-electron chi connectivity index (χ3n) is 3.90. The van der Waals surface area contributed by atoms with E-state index in [2.05, 4.69) is 15.0 Å². The number of benzene rings is 1. The highest BCUT2D eigenvalue weighted by Gasteiger charge is 2.16. The summed E-state index contributed by atoms with van der Waals surface area (Å²) in [5.74, 6) is 0. The zero-order valence-corrected chi connectivity index (χ0v) is 13.6. The SMILES string of the molecule is CCc1ncnc2sc3c(=O)n(-c4ccc(C)cc4)cnc3c12. The fourth-order valence-electron chi connectivity index (χ4n) is 2.68. The smallest absolute Gasteiger partial charge is 0.267 e. The monoisotopic (exact) mass is 322 g/mol. The third kappa shape index (κ3) is 2.14. The number of fused-ring (bicyclic) bond motifs is 3. The van der Waals surface area contributed by atoms with E-state index in [0.717, 1.165) is 33.6 Å². The molecule has 3 aromatic heterocycles. The quantitative estimate of drug-likeness (QED) is 0.568. The molecule has 6 heteroatoms. The summed E-state index contributed by atoms with van der Waals surface area (Å²) in [6.07, 6.45) is 3.93. The minimum atomic E-state index is -0.0658. The molecule has 0 saturated carbocycles. The van der Waals surface area contributed by atoms with Crippen molar-refractivity contribution in [2.45, 2.75) is 20.3 Å². The van der Waals surface area contributed by atoms with Crippen LogP contribution in [0.5, 0.6) is 0 Å². The van der Waals surface area contributed by atoms with Crippen LogP contribution in [0.2, 0.25) is 0 Å². The fraction of sp³-hybridized carbons (Fsp3) is 0.176. The van der Waals surface area contributed by atoms with E-state index in [9.17, 15) is 4.79 Å². The lowest BCUT2D eigenvalue weighted by Gasteiger charge is -2.05.